The van der Waals surface area contributed by atoms with E-state index in [0.717, 1.165) is 11.4 Å². The standard InChI is InChI=1S/C44H33ClFN3O5/c45-27-10-7-13-31(23-27)49-41(52)35-24-34-32(39(25-14-21-37(50)36(46)22-25)44(35,43(49)54)26-8-3-1-4-9-26)19-20-33-38(34)42(53)48(40(33)51)30-17-15-29(16-18-30)47-28-11-5-2-6-12-28/h1-19,21-23,33-35,38-39,47,50H,20,24H2. The van der Waals surface area contributed by atoms with Gasteiger partial charge in [-0.25, -0.2) is 9.29 Å². The van der Waals surface area contributed by atoms with Gasteiger partial charge in [-0.1, -0.05) is 83.9 Å². The molecule has 2 aliphatic carbocycles. The number of carbonyl (C=O) groups excluding carboxylic acids is 4. The molecule has 0 bridgehead atoms. The Balaban J connectivity index is 1.17. The second-order valence-corrected chi connectivity index (χ2v) is 14.8. The number of rotatable bonds is 6. The van der Waals surface area contributed by atoms with Crippen molar-refractivity contribution in [1.29, 1.82) is 0 Å². The van der Waals surface area contributed by atoms with Crippen molar-refractivity contribution in [3.63, 3.8) is 0 Å². The third-order valence-electron chi connectivity index (χ3n) is 11.7. The second-order valence-electron chi connectivity index (χ2n) is 14.4. The van der Waals surface area contributed by atoms with E-state index >= 15 is 9.18 Å². The molecule has 10 heteroatoms. The molecule has 0 radical (unpaired) electrons. The van der Waals surface area contributed by atoms with Crippen LogP contribution in [0, 0.1) is 29.5 Å². The highest BCUT2D eigenvalue weighted by Crippen LogP contribution is 2.64. The molecule has 268 valence electrons. The molecule has 2 heterocycles. The maximum Gasteiger partial charge on any atom is 0.246 e. The number of hydrogen-bond acceptors (Lipinski definition) is 6. The van der Waals surface area contributed by atoms with Crippen molar-refractivity contribution in [2.24, 2.45) is 23.7 Å². The zero-order chi connectivity index (χ0) is 37.3. The Morgan fingerprint density at radius 3 is 2.11 bits per heavy atom. The summed E-state index contributed by atoms with van der Waals surface area (Å²) in [4.78, 5) is 61.3. The monoisotopic (exact) mass is 737 g/mol. The minimum atomic E-state index is -1.55. The average molecular weight is 738 g/mol. The summed E-state index contributed by atoms with van der Waals surface area (Å²) in [5.74, 6) is -7.14. The molecule has 4 aliphatic rings. The van der Waals surface area contributed by atoms with Crippen LogP contribution in [0.1, 0.15) is 29.9 Å². The van der Waals surface area contributed by atoms with E-state index in [1.807, 2.05) is 54.6 Å². The zero-order valence-corrected chi connectivity index (χ0v) is 29.5. The van der Waals surface area contributed by atoms with E-state index in [4.69, 9.17) is 11.6 Å². The smallest absolute Gasteiger partial charge is 0.246 e. The third kappa shape index (κ3) is 5.02. The van der Waals surface area contributed by atoms with Gasteiger partial charge in [0, 0.05) is 22.3 Å². The van der Waals surface area contributed by atoms with Gasteiger partial charge in [-0.3, -0.25) is 24.1 Å². The van der Waals surface area contributed by atoms with Gasteiger partial charge in [0.2, 0.25) is 23.6 Å². The number of benzene rings is 5. The number of fused-ring (bicyclic) bond motifs is 4. The maximum absolute atomic E-state index is 15.4. The predicted octanol–water partition coefficient (Wildman–Crippen LogP) is 8.30. The number of nitrogens with zero attached hydrogens (tertiary/aromatic N) is 2. The van der Waals surface area contributed by atoms with Crippen molar-refractivity contribution in [3.05, 3.63) is 161 Å². The van der Waals surface area contributed by atoms with Crippen LogP contribution < -0.4 is 15.1 Å². The number of aromatic hydroxyl groups is 1. The molecule has 6 atom stereocenters. The fraction of sp³-hybridized carbons (Fsp3) is 0.182. The van der Waals surface area contributed by atoms with Crippen molar-refractivity contribution in [2.45, 2.75) is 24.2 Å². The van der Waals surface area contributed by atoms with E-state index in [0.29, 0.717) is 33.1 Å². The van der Waals surface area contributed by atoms with Gasteiger partial charge >= 0.3 is 0 Å². The van der Waals surface area contributed by atoms with Crippen LogP contribution in [0.4, 0.5) is 27.1 Å². The lowest BCUT2D eigenvalue weighted by atomic mass is 9.49. The Bertz CT molecular complexity index is 2390. The minimum absolute atomic E-state index is 0.105. The molecule has 6 unspecified atom stereocenters. The first-order chi connectivity index (χ1) is 26.2. The molecule has 4 amide bonds. The molecular weight excluding hydrogens is 705 g/mol. The van der Waals surface area contributed by atoms with Gasteiger partial charge in [0.15, 0.2) is 11.6 Å². The van der Waals surface area contributed by atoms with Gasteiger partial charge in [-0.05, 0) is 96.6 Å². The van der Waals surface area contributed by atoms with Crippen LogP contribution in [0.25, 0.3) is 0 Å². The normalized spacial score (nSPS) is 26.0. The summed E-state index contributed by atoms with van der Waals surface area (Å²) in [5, 5.41) is 13.9. The number of nitrogens with one attached hydrogen (secondary N) is 1. The van der Waals surface area contributed by atoms with E-state index in [9.17, 15) is 19.5 Å². The first-order valence-electron chi connectivity index (χ1n) is 17.9. The lowest BCUT2D eigenvalue weighted by molar-refractivity contribution is -0.127. The van der Waals surface area contributed by atoms with Gasteiger partial charge in [-0.15, -0.1) is 0 Å². The van der Waals surface area contributed by atoms with Crippen LogP contribution in [-0.4, -0.2) is 28.7 Å². The topological polar surface area (TPSA) is 107 Å². The first-order valence-corrected chi connectivity index (χ1v) is 18.2. The number of imide groups is 2. The number of hydrogen-bond donors (Lipinski definition) is 2. The van der Waals surface area contributed by atoms with Gasteiger partial charge in [0.25, 0.3) is 0 Å². The molecule has 3 fully saturated rings. The van der Waals surface area contributed by atoms with Crippen molar-refractivity contribution < 1.29 is 28.7 Å². The highest BCUT2D eigenvalue weighted by atomic mass is 35.5. The largest absolute Gasteiger partial charge is 0.505 e. The molecule has 54 heavy (non-hydrogen) atoms. The first kappa shape index (κ1) is 33.8. The summed E-state index contributed by atoms with van der Waals surface area (Å²) in [6, 6.07) is 36.3. The summed E-state index contributed by atoms with van der Waals surface area (Å²) in [7, 11) is 0. The molecule has 2 saturated heterocycles. The minimum Gasteiger partial charge on any atom is -0.505 e. The van der Waals surface area contributed by atoms with Crippen LogP contribution in [0.5, 0.6) is 5.75 Å². The number of amides is 4. The SMILES string of the molecule is O=C1C2CC=C3C(CC4C(=O)N(c5cccc(Cl)c5)C(=O)C4(c4ccccc4)C3c3ccc(O)c(F)c3)C2C(=O)N1c1ccc(Nc2ccccc2)cc1. The Kier molecular flexibility index (Phi) is 8.01. The van der Waals surface area contributed by atoms with E-state index in [1.165, 1.54) is 21.9 Å². The lowest BCUT2D eigenvalue weighted by Crippen LogP contribution is -2.53. The Morgan fingerprint density at radius 2 is 1.41 bits per heavy atom. The van der Waals surface area contributed by atoms with Crippen molar-refractivity contribution in [3.8, 4) is 5.75 Å². The molecule has 2 aliphatic heterocycles. The molecule has 0 spiro atoms. The van der Waals surface area contributed by atoms with Gasteiger partial charge in [0.05, 0.1) is 34.5 Å². The summed E-state index contributed by atoms with van der Waals surface area (Å²) in [5.41, 5.74) is 2.50. The number of phenolic OH excluding ortho intramolecular Hbond substituents is 1. The van der Waals surface area contributed by atoms with E-state index < -0.39 is 58.4 Å². The fourth-order valence-corrected chi connectivity index (χ4v) is 9.64. The Labute approximate surface area is 315 Å². The Morgan fingerprint density at radius 1 is 0.704 bits per heavy atom. The molecule has 2 N–H and O–H groups in total. The van der Waals surface area contributed by atoms with Crippen LogP contribution in [0.3, 0.4) is 0 Å². The molecule has 1 saturated carbocycles. The van der Waals surface area contributed by atoms with Gasteiger partial charge in [0.1, 0.15) is 0 Å². The molecule has 8 nitrogen and oxygen atoms in total. The van der Waals surface area contributed by atoms with Gasteiger partial charge in [-0.2, -0.15) is 0 Å². The summed E-state index contributed by atoms with van der Waals surface area (Å²) < 4.78 is 15.4. The van der Waals surface area contributed by atoms with Crippen LogP contribution >= 0.6 is 11.6 Å². The van der Waals surface area contributed by atoms with Crippen molar-refractivity contribution >= 4 is 58.0 Å². The number of carbonyl (C=O) groups is 4. The number of phenols is 1. The third-order valence-corrected chi connectivity index (χ3v) is 11.9. The predicted molar refractivity (Wildman–Crippen MR) is 203 cm³/mol. The van der Waals surface area contributed by atoms with Crippen molar-refractivity contribution in [1.82, 2.24) is 0 Å². The summed E-state index contributed by atoms with van der Waals surface area (Å²) >= 11 is 6.38. The summed E-state index contributed by atoms with van der Waals surface area (Å²) in [6.07, 6.45) is 2.24. The highest BCUT2D eigenvalue weighted by molar-refractivity contribution is 6.32. The van der Waals surface area contributed by atoms with E-state index in [2.05, 4.69) is 5.32 Å². The number of anilines is 4. The van der Waals surface area contributed by atoms with Crippen LogP contribution in [0.15, 0.2) is 139 Å². The van der Waals surface area contributed by atoms with Crippen LogP contribution in [0.2, 0.25) is 5.02 Å². The maximum atomic E-state index is 15.4. The molecule has 9 rings (SSSR count). The fourth-order valence-electron chi connectivity index (χ4n) is 9.46. The summed E-state index contributed by atoms with van der Waals surface area (Å²) in [6.45, 7) is 0. The van der Waals surface area contributed by atoms with Gasteiger partial charge < -0.3 is 10.4 Å². The average Bonchev–Trinajstić information content (AvgIpc) is 3.57. The molecular formula is C44H33ClFN3O5. The molecule has 5 aromatic carbocycles. The quantitative estimate of drug-likeness (QED) is 0.134. The Hall–Kier alpha value is -6.06. The number of allylic oxidation sites excluding steroid dienone is 2. The van der Waals surface area contributed by atoms with Crippen LogP contribution in [-0.2, 0) is 24.6 Å². The number of para-hydroxylation sites is 1. The van der Waals surface area contributed by atoms with E-state index in [-0.39, 0.29) is 24.7 Å². The molecule has 0 aromatic heterocycles. The van der Waals surface area contributed by atoms with E-state index in [1.54, 1.807) is 66.7 Å². The molecule has 5 aromatic rings. The lowest BCUT2D eigenvalue weighted by Gasteiger charge is -2.50. The van der Waals surface area contributed by atoms with Crippen molar-refractivity contribution in [2.75, 3.05) is 15.1 Å². The zero-order valence-electron chi connectivity index (χ0n) is 28.7. The highest BCUT2D eigenvalue weighted by Gasteiger charge is 2.70. The number of halogens is 2. The second kappa shape index (κ2) is 12.8.